The molecule has 1 N–H and O–H groups in total. The summed E-state index contributed by atoms with van der Waals surface area (Å²) in [7, 11) is 3.06. The molecule has 7 nitrogen and oxygen atoms in total. The van der Waals surface area contributed by atoms with Crippen molar-refractivity contribution in [3.63, 3.8) is 0 Å². The van der Waals surface area contributed by atoms with Crippen molar-refractivity contribution >= 4 is 22.8 Å². The third-order valence-electron chi connectivity index (χ3n) is 4.66. The van der Waals surface area contributed by atoms with E-state index in [-0.39, 0.29) is 12.5 Å². The average molecular weight is 397 g/mol. The van der Waals surface area contributed by atoms with Crippen LogP contribution in [-0.2, 0) is 16.1 Å². The van der Waals surface area contributed by atoms with Gasteiger partial charge in [0.1, 0.15) is 29.4 Å². The van der Waals surface area contributed by atoms with Gasteiger partial charge in [0.2, 0.25) is 5.91 Å². The molecule has 1 heterocycles. The van der Waals surface area contributed by atoms with E-state index < -0.39 is 18.4 Å². The van der Waals surface area contributed by atoms with Crippen LogP contribution >= 0.6 is 0 Å². The van der Waals surface area contributed by atoms with Crippen LogP contribution in [0, 0.1) is 0 Å². The first-order chi connectivity index (χ1) is 13.9. The number of aliphatic carboxylic acids is 1. The highest BCUT2D eigenvalue weighted by Crippen LogP contribution is 2.28. The Morgan fingerprint density at radius 2 is 1.72 bits per heavy atom. The fourth-order valence-corrected chi connectivity index (χ4v) is 3.16. The molecule has 0 bridgehead atoms. The Kier molecular flexibility index (Phi) is 6.07. The van der Waals surface area contributed by atoms with Crippen molar-refractivity contribution in [3.8, 4) is 11.5 Å². The molecule has 0 radical (unpaired) electrons. The van der Waals surface area contributed by atoms with Gasteiger partial charge in [-0.05, 0) is 36.8 Å². The Morgan fingerprint density at radius 3 is 2.31 bits per heavy atom. The normalized spacial score (nSPS) is 11.8. The highest BCUT2D eigenvalue weighted by Gasteiger charge is 2.27. The lowest BCUT2D eigenvalue weighted by Gasteiger charge is -2.24. The second-order valence-electron chi connectivity index (χ2n) is 6.72. The van der Waals surface area contributed by atoms with Crippen LogP contribution in [0.2, 0.25) is 0 Å². The summed E-state index contributed by atoms with van der Waals surface area (Å²) < 4.78 is 16.3. The number of ether oxygens (including phenoxy) is 2. The van der Waals surface area contributed by atoms with E-state index in [0.29, 0.717) is 28.4 Å². The fourth-order valence-electron chi connectivity index (χ4n) is 3.16. The average Bonchev–Trinajstić information content (AvgIpc) is 3.15. The first-order valence-corrected chi connectivity index (χ1v) is 9.12. The van der Waals surface area contributed by atoms with E-state index in [9.17, 15) is 14.7 Å². The summed E-state index contributed by atoms with van der Waals surface area (Å²) in [5.41, 5.74) is 1.39. The van der Waals surface area contributed by atoms with E-state index in [2.05, 4.69) is 0 Å². The van der Waals surface area contributed by atoms with E-state index in [4.69, 9.17) is 13.9 Å². The number of para-hydroxylation sites is 1. The summed E-state index contributed by atoms with van der Waals surface area (Å²) in [5.74, 6) is -0.442. The van der Waals surface area contributed by atoms with Crippen LogP contribution in [0.3, 0.4) is 0 Å². The van der Waals surface area contributed by atoms with Crippen molar-refractivity contribution in [2.45, 2.75) is 19.4 Å². The van der Waals surface area contributed by atoms with Gasteiger partial charge < -0.3 is 23.9 Å². The summed E-state index contributed by atoms with van der Waals surface area (Å²) in [6.07, 6.45) is 0. The second kappa shape index (κ2) is 8.68. The first kappa shape index (κ1) is 20.3. The molecule has 0 spiro atoms. The molecule has 0 aliphatic heterocycles. The number of methoxy groups -OCH3 is 2. The number of carbonyl (C=O) groups is 2. The molecule has 1 atom stereocenters. The van der Waals surface area contributed by atoms with Gasteiger partial charge >= 0.3 is 5.97 Å². The van der Waals surface area contributed by atoms with Crippen LogP contribution in [0.1, 0.15) is 24.2 Å². The number of amides is 1. The Balaban J connectivity index is 1.87. The van der Waals surface area contributed by atoms with Crippen molar-refractivity contribution < 1.29 is 28.6 Å². The maximum Gasteiger partial charge on any atom is 0.323 e. The van der Waals surface area contributed by atoms with Crippen LogP contribution in [0.15, 0.2) is 52.9 Å². The quantitative estimate of drug-likeness (QED) is 0.624. The summed E-state index contributed by atoms with van der Waals surface area (Å²) in [6, 6.07) is 14.5. The van der Waals surface area contributed by atoms with Crippen LogP contribution in [0.5, 0.6) is 11.5 Å². The van der Waals surface area contributed by atoms with Crippen LogP contribution in [0.25, 0.3) is 11.0 Å². The summed E-state index contributed by atoms with van der Waals surface area (Å²) in [6.45, 7) is 1.38. The zero-order valence-electron chi connectivity index (χ0n) is 16.5. The molecule has 0 aliphatic rings. The predicted octanol–water partition coefficient (Wildman–Crippen LogP) is 3.67. The molecule has 0 saturated carbocycles. The van der Waals surface area contributed by atoms with Gasteiger partial charge in [-0.2, -0.15) is 0 Å². The summed E-state index contributed by atoms with van der Waals surface area (Å²) in [5, 5.41) is 10.2. The second-order valence-corrected chi connectivity index (χ2v) is 6.72. The molecular formula is C22H23NO6. The van der Waals surface area contributed by atoms with E-state index in [0.717, 1.165) is 5.39 Å². The molecule has 0 saturated heterocycles. The fraction of sp³-hybridized carbons (Fsp3) is 0.273. The maximum absolute atomic E-state index is 13.1. The highest BCUT2D eigenvalue weighted by molar-refractivity contribution is 5.87. The van der Waals surface area contributed by atoms with Crippen molar-refractivity contribution in [2.75, 3.05) is 20.8 Å². The Labute approximate surface area is 168 Å². The largest absolute Gasteiger partial charge is 0.497 e. The third-order valence-corrected chi connectivity index (χ3v) is 4.66. The lowest BCUT2D eigenvalue weighted by molar-refractivity contribution is -0.145. The van der Waals surface area contributed by atoms with Crippen LogP contribution in [0.4, 0.5) is 0 Å². The molecule has 1 amide bonds. The summed E-state index contributed by atoms with van der Waals surface area (Å²) >= 11 is 0. The van der Waals surface area contributed by atoms with Crippen molar-refractivity contribution in [1.29, 1.82) is 0 Å². The number of carboxylic acid groups (broad SMARTS) is 1. The molecule has 29 heavy (non-hydrogen) atoms. The number of hydrogen-bond acceptors (Lipinski definition) is 5. The number of furan rings is 1. The molecule has 2 aromatic carbocycles. The lowest BCUT2D eigenvalue weighted by Crippen LogP contribution is -2.37. The van der Waals surface area contributed by atoms with Gasteiger partial charge in [-0.1, -0.05) is 18.2 Å². The molecule has 152 valence electrons. The number of hydrogen-bond donors (Lipinski definition) is 1. The first-order valence-electron chi connectivity index (χ1n) is 9.12. The number of carboxylic acids is 1. The lowest BCUT2D eigenvalue weighted by atomic mass is 10.1. The molecule has 1 unspecified atom stereocenters. The number of fused-ring (bicyclic) bond motifs is 1. The monoisotopic (exact) mass is 397 g/mol. The molecule has 1 aromatic heterocycles. The zero-order valence-corrected chi connectivity index (χ0v) is 16.5. The van der Waals surface area contributed by atoms with Crippen molar-refractivity contribution in [1.82, 2.24) is 4.90 Å². The van der Waals surface area contributed by atoms with Gasteiger partial charge in [0.25, 0.3) is 0 Å². The van der Waals surface area contributed by atoms with Crippen LogP contribution < -0.4 is 9.47 Å². The minimum absolute atomic E-state index is 0.100. The van der Waals surface area contributed by atoms with Gasteiger partial charge in [0, 0.05) is 18.0 Å². The number of rotatable bonds is 8. The molecule has 0 fully saturated rings. The number of carbonyl (C=O) groups excluding carboxylic acids is 1. The molecular weight excluding hydrogens is 374 g/mol. The van der Waals surface area contributed by atoms with E-state index in [1.54, 1.807) is 25.1 Å². The zero-order chi connectivity index (χ0) is 21.0. The Bertz CT molecular complexity index is 970. The van der Waals surface area contributed by atoms with Crippen molar-refractivity contribution in [3.05, 3.63) is 59.9 Å². The topological polar surface area (TPSA) is 89.2 Å². The maximum atomic E-state index is 13.1. The van der Waals surface area contributed by atoms with Gasteiger partial charge in [0.05, 0.1) is 20.1 Å². The minimum Gasteiger partial charge on any atom is -0.497 e. The molecule has 7 heteroatoms. The standard InChI is InChI=1S/C22H23NO6/c1-14(20-10-16-6-4-5-7-19(16)29-20)22(26)23(13-21(24)25)12-15-8-17(27-2)11-18(9-15)28-3/h4-11,14H,12-13H2,1-3H3,(H,24,25). The van der Waals surface area contributed by atoms with Gasteiger partial charge in [0.15, 0.2) is 0 Å². The van der Waals surface area contributed by atoms with E-state index >= 15 is 0 Å². The molecule has 0 aliphatic carbocycles. The third kappa shape index (κ3) is 4.68. The smallest absolute Gasteiger partial charge is 0.323 e. The molecule has 3 rings (SSSR count). The van der Waals surface area contributed by atoms with E-state index in [1.807, 2.05) is 30.3 Å². The van der Waals surface area contributed by atoms with Crippen LogP contribution in [-0.4, -0.2) is 42.6 Å². The Morgan fingerprint density at radius 1 is 1.07 bits per heavy atom. The minimum atomic E-state index is -1.09. The number of benzene rings is 2. The van der Waals surface area contributed by atoms with Gasteiger partial charge in [-0.15, -0.1) is 0 Å². The van der Waals surface area contributed by atoms with Crippen molar-refractivity contribution in [2.24, 2.45) is 0 Å². The molecule has 3 aromatic rings. The number of nitrogens with zero attached hydrogens (tertiary/aromatic N) is 1. The predicted molar refractivity (Wildman–Crippen MR) is 107 cm³/mol. The SMILES string of the molecule is COc1cc(CN(CC(=O)O)C(=O)C(C)c2cc3ccccc3o2)cc(OC)c1. The van der Waals surface area contributed by atoms with Gasteiger partial charge in [-0.25, -0.2) is 0 Å². The van der Waals surface area contributed by atoms with Gasteiger partial charge in [-0.3, -0.25) is 9.59 Å². The van der Waals surface area contributed by atoms with E-state index in [1.165, 1.54) is 19.1 Å². The summed E-state index contributed by atoms with van der Waals surface area (Å²) in [4.78, 5) is 25.8. The highest BCUT2D eigenvalue weighted by atomic mass is 16.5. The Hall–Kier alpha value is -3.48.